The highest BCUT2D eigenvalue weighted by atomic mass is 16.6. The molecule has 0 radical (unpaired) electrons. The third-order valence-electron chi connectivity index (χ3n) is 4.78. The van der Waals surface area contributed by atoms with Crippen molar-refractivity contribution in [3.8, 4) is 0 Å². The Morgan fingerprint density at radius 3 is 2.76 bits per heavy atom. The predicted octanol–water partition coefficient (Wildman–Crippen LogP) is 2.74. The molecule has 0 N–H and O–H groups in total. The number of rotatable bonds is 3. The molecule has 0 bridgehead atoms. The first-order valence-corrected chi connectivity index (χ1v) is 7.90. The molecule has 2 heterocycles. The number of ether oxygens (including phenoxy) is 1. The standard InChI is InChI=1S/C17H24N2O2/c1-3-21-17(20)18-11-15-9-13(2)19(16(15)12-18)10-14-7-5-4-6-8-14/h4-8,13,15-16H,3,9-12H2,1-2H3. The molecule has 0 saturated carbocycles. The van der Waals surface area contributed by atoms with Gasteiger partial charge in [0.15, 0.2) is 0 Å². The van der Waals surface area contributed by atoms with E-state index in [0.29, 0.717) is 24.6 Å². The summed E-state index contributed by atoms with van der Waals surface area (Å²) < 4.78 is 5.14. The zero-order valence-electron chi connectivity index (χ0n) is 12.9. The van der Waals surface area contributed by atoms with Crippen LogP contribution in [-0.4, -0.2) is 47.7 Å². The Morgan fingerprint density at radius 2 is 2.05 bits per heavy atom. The van der Waals surface area contributed by atoms with Crippen molar-refractivity contribution in [2.45, 2.75) is 38.9 Å². The Morgan fingerprint density at radius 1 is 1.29 bits per heavy atom. The minimum absolute atomic E-state index is 0.154. The van der Waals surface area contributed by atoms with Crippen LogP contribution in [0.25, 0.3) is 0 Å². The summed E-state index contributed by atoms with van der Waals surface area (Å²) in [6.45, 7) is 7.24. The lowest BCUT2D eigenvalue weighted by molar-refractivity contribution is 0.106. The summed E-state index contributed by atoms with van der Waals surface area (Å²) in [5.74, 6) is 0.591. The van der Waals surface area contributed by atoms with E-state index >= 15 is 0 Å². The third-order valence-corrected chi connectivity index (χ3v) is 4.78. The molecule has 4 nitrogen and oxygen atoms in total. The van der Waals surface area contributed by atoms with E-state index in [0.717, 1.165) is 19.6 Å². The highest BCUT2D eigenvalue weighted by molar-refractivity contribution is 5.68. The van der Waals surface area contributed by atoms with Gasteiger partial charge in [0.25, 0.3) is 0 Å². The fraction of sp³-hybridized carbons (Fsp3) is 0.588. The summed E-state index contributed by atoms with van der Waals surface area (Å²) in [6, 6.07) is 11.7. The van der Waals surface area contributed by atoms with Crippen molar-refractivity contribution in [2.75, 3.05) is 19.7 Å². The highest BCUT2D eigenvalue weighted by Gasteiger charge is 2.46. The zero-order chi connectivity index (χ0) is 14.8. The highest BCUT2D eigenvalue weighted by Crippen LogP contribution is 2.36. The summed E-state index contributed by atoms with van der Waals surface area (Å²) in [5, 5.41) is 0. The molecule has 114 valence electrons. The monoisotopic (exact) mass is 288 g/mol. The van der Waals surface area contributed by atoms with Crippen molar-refractivity contribution in [3.63, 3.8) is 0 Å². The van der Waals surface area contributed by atoms with Gasteiger partial charge in [-0.3, -0.25) is 4.90 Å². The van der Waals surface area contributed by atoms with Crippen LogP contribution in [0.1, 0.15) is 25.8 Å². The second kappa shape index (κ2) is 6.06. The van der Waals surface area contributed by atoms with E-state index in [4.69, 9.17) is 4.74 Å². The average Bonchev–Trinajstić information content (AvgIpc) is 3.00. The summed E-state index contributed by atoms with van der Waals surface area (Å²) in [6.07, 6.45) is 1.02. The Balaban J connectivity index is 1.67. The zero-order valence-corrected chi connectivity index (χ0v) is 12.9. The van der Waals surface area contributed by atoms with E-state index in [1.165, 1.54) is 12.0 Å². The molecule has 0 spiro atoms. The number of hydrogen-bond donors (Lipinski definition) is 0. The van der Waals surface area contributed by atoms with Crippen molar-refractivity contribution in [3.05, 3.63) is 35.9 Å². The van der Waals surface area contributed by atoms with Gasteiger partial charge in [-0.1, -0.05) is 30.3 Å². The molecule has 3 atom stereocenters. The topological polar surface area (TPSA) is 32.8 Å². The van der Waals surface area contributed by atoms with Gasteiger partial charge < -0.3 is 9.64 Å². The van der Waals surface area contributed by atoms with Gasteiger partial charge >= 0.3 is 6.09 Å². The smallest absolute Gasteiger partial charge is 0.409 e. The normalized spacial score (nSPS) is 28.7. The molecular formula is C17H24N2O2. The number of likely N-dealkylation sites (tertiary alicyclic amines) is 2. The lowest BCUT2D eigenvalue weighted by Crippen LogP contribution is -2.39. The molecular weight excluding hydrogens is 264 g/mol. The Bertz CT molecular complexity index is 491. The van der Waals surface area contributed by atoms with Crippen LogP contribution >= 0.6 is 0 Å². The first-order valence-electron chi connectivity index (χ1n) is 7.90. The summed E-state index contributed by atoms with van der Waals surface area (Å²) >= 11 is 0. The molecule has 3 rings (SSSR count). The van der Waals surface area contributed by atoms with Gasteiger partial charge in [0.1, 0.15) is 0 Å². The van der Waals surface area contributed by atoms with Gasteiger partial charge in [0.05, 0.1) is 6.61 Å². The fourth-order valence-electron chi connectivity index (χ4n) is 3.79. The van der Waals surface area contributed by atoms with Crippen LogP contribution in [-0.2, 0) is 11.3 Å². The first-order chi connectivity index (χ1) is 10.2. The summed E-state index contributed by atoms with van der Waals surface area (Å²) in [7, 11) is 0. The van der Waals surface area contributed by atoms with E-state index in [2.05, 4.69) is 42.2 Å². The third kappa shape index (κ3) is 2.91. The number of fused-ring (bicyclic) bond motifs is 1. The SMILES string of the molecule is CCOC(=O)N1CC2CC(C)N(Cc3ccccc3)C2C1. The summed E-state index contributed by atoms with van der Waals surface area (Å²) in [5.41, 5.74) is 1.35. The first kappa shape index (κ1) is 14.4. The lowest BCUT2D eigenvalue weighted by Gasteiger charge is -2.28. The molecule has 4 heteroatoms. The Hall–Kier alpha value is -1.55. The van der Waals surface area contributed by atoms with Gasteiger partial charge in [-0.2, -0.15) is 0 Å². The Labute approximate surface area is 126 Å². The molecule has 1 amide bonds. The predicted molar refractivity (Wildman–Crippen MR) is 81.9 cm³/mol. The molecule has 0 aromatic heterocycles. The van der Waals surface area contributed by atoms with Crippen LogP contribution in [0, 0.1) is 5.92 Å². The molecule has 21 heavy (non-hydrogen) atoms. The van der Waals surface area contributed by atoms with Gasteiger partial charge in [-0.25, -0.2) is 4.79 Å². The maximum atomic E-state index is 11.9. The molecule has 0 aliphatic carbocycles. The van der Waals surface area contributed by atoms with Crippen molar-refractivity contribution >= 4 is 6.09 Å². The van der Waals surface area contributed by atoms with E-state index in [9.17, 15) is 4.79 Å². The van der Waals surface area contributed by atoms with E-state index < -0.39 is 0 Å². The molecule has 1 aromatic rings. The van der Waals surface area contributed by atoms with Crippen LogP contribution in [0.2, 0.25) is 0 Å². The number of carbonyl (C=O) groups excluding carboxylic acids is 1. The van der Waals surface area contributed by atoms with Gasteiger partial charge in [-0.15, -0.1) is 0 Å². The number of carbonyl (C=O) groups is 1. The van der Waals surface area contributed by atoms with Crippen molar-refractivity contribution in [1.82, 2.24) is 9.80 Å². The van der Waals surface area contributed by atoms with Crippen molar-refractivity contribution < 1.29 is 9.53 Å². The van der Waals surface area contributed by atoms with Crippen molar-refractivity contribution in [2.24, 2.45) is 5.92 Å². The lowest BCUT2D eigenvalue weighted by atomic mass is 10.0. The van der Waals surface area contributed by atoms with Crippen molar-refractivity contribution in [1.29, 1.82) is 0 Å². The van der Waals surface area contributed by atoms with Crippen LogP contribution in [0.3, 0.4) is 0 Å². The molecule has 2 saturated heterocycles. The molecule has 2 aliphatic heterocycles. The minimum Gasteiger partial charge on any atom is -0.450 e. The van der Waals surface area contributed by atoms with Crippen LogP contribution in [0.5, 0.6) is 0 Å². The second-order valence-corrected chi connectivity index (χ2v) is 6.17. The van der Waals surface area contributed by atoms with E-state index in [1.807, 2.05) is 11.8 Å². The average molecular weight is 288 g/mol. The maximum absolute atomic E-state index is 11.9. The quantitative estimate of drug-likeness (QED) is 0.857. The minimum atomic E-state index is -0.154. The van der Waals surface area contributed by atoms with Crippen LogP contribution < -0.4 is 0 Å². The number of amides is 1. The largest absolute Gasteiger partial charge is 0.450 e. The van der Waals surface area contributed by atoms with E-state index in [-0.39, 0.29) is 6.09 Å². The molecule has 2 aliphatic rings. The second-order valence-electron chi connectivity index (χ2n) is 6.17. The summed E-state index contributed by atoms with van der Waals surface area (Å²) in [4.78, 5) is 16.3. The van der Waals surface area contributed by atoms with Gasteiger partial charge in [0, 0.05) is 31.7 Å². The molecule has 3 unspecified atom stereocenters. The van der Waals surface area contributed by atoms with E-state index in [1.54, 1.807) is 0 Å². The fourth-order valence-corrected chi connectivity index (χ4v) is 3.79. The van der Waals surface area contributed by atoms with Crippen LogP contribution in [0.4, 0.5) is 4.79 Å². The molecule has 2 fully saturated rings. The molecule has 1 aromatic carbocycles. The maximum Gasteiger partial charge on any atom is 0.409 e. The van der Waals surface area contributed by atoms with Crippen LogP contribution in [0.15, 0.2) is 30.3 Å². The number of benzene rings is 1. The number of hydrogen-bond acceptors (Lipinski definition) is 3. The number of nitrogens with zero attached hydrogens (tertiary/aromatic N) is 2. The van der Waals surface area contributed by atoms with Gasteiger partial charge in [0.2, 0.25) is 0 Å². The Kier molecular flexibility index (Phi) is 4.15. The van der Waals surface area contributed by atoms with Gasteiger partial charge in [-0.05, 0) is 31.7 Å².